The van der Waals surface area contributed by atoms with Crippen molar-refractivity contribution in [2.45, 2.75) is 57.3 Å². The number of amides is 1. The van der Waals surface area contributed by atoms with Gasteiger partial charge in [0.25, 0.3) is 5.91 Å². The highest BCUT2D eigenvalue weighted by atomic mass is 35.5. The number of pyridine rings is 1. The van der Waals surface area contributed by atoms with E-state index >= 15 is 0 Å². The van der Waals surface area contributed by atoms with Gasteiger partial charge in [-0.3, -0.25) is 24.3 Å². The van der Waals surface area contributed by atoms with Crippen LogP contribution in [0.15, 0.2) is 30.5 Å². The lowest BCUT2D eigenvalue weighted by Gasteiger charge is -2.38. The number of alkyl halides is 3. The molecule has 0 bridgehead atoms. The van der Waals surface area contributed by atoms with E-state index in [1.165, 1.54) is 6.07 Å². The second-order valence-electron chi connectivity index (χ2n) is 11.7. The molecule has 2 saturated heterocycles. The fraction of sp³-hybridized carbons (Fsp3) is 0.500. The number of nitriles is 1. The molecule has 3 heterocycles. The highest BCUT2D eigenvalue weighted by Crippen LogP contribution is 2.43. The Morgan fingerprint density at radius 1 is 1.11 bits per heavy atom. The minimum absolute atomic E-state index is 0. The van der Waals surface area contributed by atoms with E-state index < -0.39 is 40.4 Å². The molecule has 0 atom stereocenters. The van der Waals surface area contributed by atoms with E-state index in [0.29, 0.717) is 56.9 Å². The number of carbonyl (C=O) groups excluding carboxylic acids is 1. The largest absolute Gasteiger partial charge is 0.492 e. The van der Waals surface area contributed by atoms with Crippen LogP contribution in [0.4, 0.5) is 24.5 Å². The van der Waals surface area contributed by atoms with Crippen molar-refractivity contribution in [3.8, 4) is 11.8 Å². The number of hydrogen-bond donors (Lipinski definition) is 1. The summed E-state index contributed by atoms with van der Waals surface area (Å²) in [6.07, 6.45) is -1.77. The van der Waals surface area contributed by atoms with Crippen molar-refractivity contribution >= 4 is 77.8 Å². The maximum absolute atomic E-state index is 13.6. The number of aromatic nitrogens is 1. The predicted octanol–water partition coefficient (Wildman–Crippen LogP) is 5.33. The van der Waals surface area contributed by atoms with E-state index in [9.17, 15) is 27.9 Å². The molecule has 0 spiro atoms. The van der Waals surface area contributed by atoms with Gasteiger partial charge in [0.2, 0.25) is 0 Å². The van der Waals surface area contributed by atoms with Crippen molar-refractivity contribution in [3.05, 3.63) is 47.3 Å². The van der Waals surface area contributed by atoms with Crippen LogP contribution in [0.2, 0.25) is 0 Å². The molecule has 1 aromatic carbocycles. The van der Waals surface area contributed by atoms with Gasteiger partial charge in [-0.25, -0.2) is 4.98 Å². The van der Waals surface area contributed by atoms with Crippen molar-refractivity contribution in [3.63, 3.8) is 0 Å². The Morgan fingerprint density at radius 2 is 1.74 bits per heavy atom. The van der Waals surface area contributed by atoms with Gasteiger partial charge in [0.15, 0.2) is 10.8 Å². The Kier molecular flexibility index (Phi) is 12.9. The van der Waals surface area contributed by atoms with Gasteiger partial charge in [0.05, 0.1) is 17.4 Å². The molecule has 47 heavy (non-hydrogen) atoms. The van der Waals surface area contributed by atoms with E-state index in [1.54, 1.807) is 30.9 Å². The Bertz CT molecular complexity index is 1550. The molecule has 1 aromatic heterocycles. The molecule has 2 aromatic rings. The first-order valence-electron chi connectivity index (χ1n) is 14.4. The standard InChI is InChI=1S/C30H33F3N6O4S.3ClH/c1-4-19-15-20(5-6-24(19)43-14-13-36-9-11-37(12-10-36)29(7-8-29)26(41)42)39-27(44)38(25(40)28(39,2)3)21-16-22(30(31,32)33)23(17-34)35-18-21;;;/h5-6,15-16,18H,4,7-14H2,1-3H3,(H,41,42);3*1H. The number of carboxylic acids is 1. The van der Waals surface area contributed by atoms with Gasteiger partial charge in [0, 0.05) is 38.4 Å². The van der Waals surface area contributed by atoms with Crippen molar-refractivity contribution in [1.29, 1.82) is 5.26 Å². The average Bonchev–Trinajstić information content (AvgIpc) is 3.77. The van der Waals surface area contributed by atoms with Crippen molar-refractivity contribution < 1.29 is 32.6 Å². The Morgan fingerprint density at radius 3 is 2.28 bits per heavy atom. The number of hydrogen-bond acceptors (Lipinski definition) is 8. The topological polar surface area (TPSA) is 113 Å². The zero-order valence-electron chi connectivity index (χ0n) is 25.9. The van der Waals surface area contributed by atoms with E-state index in [4.69, 9.17) is 22.2 Å². The molecule has 3 aliphatic rings. The molecule has 1 aliphatic carbocycles. The minimum atomic E-state index is -4.84. The first-order chi connectivity index (χ1) is 20.7. The summed E-state index contributed by atoms with van der Waals surface area (Å²) in [5.41, 5.74) is -2.64. The summed E-state index contributed by atoms with van der Waals surface area (Å²) < 4.78 is 47.0. The molecule has 5 rings (SSSR count). The van der Waals surface area contributed by atoms with Crippen molar-refractivity contribution in [2.75, 3.05) is 49.1 Å². The number of rotatable bonds is 9. The minimum Gasteiger partial charge on any atom is -0.492 e. The average molecular weight is 740 g/mol. The number of anilines is 2. The number of piperazine rings is 1. The van der Waals surface area contributed by atoms with E-state index in [1.807, 2.05) is 13.0 Å². The quantitative estimate of drug-likeness (QED) is 0.339. The van der Waals surface area contributed by atoms with Gasteiger partial charge in [-0.15, -0.1) is 37.2 Å². The lowest BCUT2D eigenvalue weighted by atomic mass is 10.0. The summed E-state index contributed by atoms with van der Waals surface area (Å²) in [5, 5.41) is 18.6. The number of ether oxygens (including phenoxy) is 1. The molecule has 258 valence electrons. The van der Waals surface area contributed by atoms with Gasteiger partial charge in [-0.2, -0.15) is 18.4 Å². The maximum atomic E-state index is 13.6. The van der Waals surface area contributed by atoms with Crippen LogP contribution in [0.5, 0.6) is 5.75 Å². The molecule has 0 unspecified atom stereocenters. The highest BCUT2D eigenvalue weighted by molar-refractivity contribution is 7.81. The van der Waals surface area contributed by atoms with Crippen molar-refractivity contribution in [1.82, 2.24) is 14.8 Å². The number of thiocarbonyl (C=S) groups is 1. The lowest BCUT2D eigenvalue weighted by molar-refractivity contribution is -0.146. The monoisotopic (exact) mass is 738 g/mol. The summed E-state index contributed by atoms with van der Waals surface area (Å²) in [4.78, 5) is 35.7. The van der Waals surface area contributed by atoms with Crippen LogP contribution in [0.1, 0.15) is 50.4 Å². The summed E-state index contributed by atoms with van der Waals surface area (Å²) in [6.45, 7) is 9.31. The van der Waals surface area contributed by atoms with Crippen LogP contribution in [0, 0.1) is 11.3 Å². The fourth-order valence-corrected chi connectivity index (χ4v) is 6.45. The van der Waals surface area contributed by atoms with Crippen LogP contribution in [0.25, 0.3) is 0 Å². The molecule has 2 aliphatic heterocycles. The summed E-state index contributed by atoms with van der Waals surface area (Å²) >= 11 is 5.64. The Labute approximate surface area is 295 Å². The lowest BCUT2D eigenvalue weighted by Crippen LogP contribution is -2.54. The SMILES string of the molecule is CCc1cc(N2C(=S)N(c3cnc(C#N)c(C(F)(F)F)c3)C(=O)C2(C)C)ccc1OCCN1CCN(C2(C(=O)O)CC2)CC1.Cl.Cl.Cl. The first kappa shape index (κ1) is 40.2. The van der Waals surface area contributed by atoms with Crippen LogP contribution >= 0.6 is 49.4 Å². The number of halogens is 6. The molecule has 10 nitrogen and oxygen atoms in total. The zero-order chi connectivity index (χ0) is 32.0. The molecule has 1 saturated carbocycles. The molecule has 1 amide bonds. The number of carboxylic acid groups (broad SMARTS) is 1. The second kappa shape index (κ2) is 15.1. The maximum Gasteiger partial charge on any atom is 0.419 e. The summed E-state index contributed by atoms with van der Waals surface area (Å²) in [5.74, 6) is -0.590. The Balaban J connectivity index is 0.00000256. The van der Waals surface area contributed by atoms with Crippen LogP contribution in [-0.4, -0.2) is 87.3 Å². The van der Waals surface area contributed by atoms with Crippen LogP contribution in [0.3, 0.4) is 0 Å². The van der Waals surface area contributed by atoms with E-state index in [0.717, 1.165) is 35.8 Å². The van der Waals surface area contributed by atoms with Gasteiger partial charge in [-0.1, -0.05) is 6.92 Å². The third kappa shape index (κ3) is 7.55. The molecule has 1 N–H and O–H groups in total. The third-order valence-corrected chi connectivity index (χ3v) is 9.02. The highest BCUT2D eigenvalue weighted by Gasteiger charge is 2.55. The molecular weight excluding hydrogens is 704 g/mol. The van der Waals surface area contributed by atoms with Crippen LogP contribution in [-0.2, 0) is 22.2 Å². The summed E-state index contributed by atoms with van der Waals surface area (Å²) in [6, 6.07) is 7.58. The smallest absolute Gasteiger partial charge is 0.419 e. The summed E-state index contributed by atoms with van der Waals surface area (Å²) in [7, 11) is 0. The fourth-order valence-electron chi connectivity index (χ4n) is 5.93. The normalized spacial score (nSPS) is 18.8. The number of carbonyl (C=O) groups is 2. The van der Waals surface area contributed by atoms with E-state index in [-0.39, 0.29) is 48.0 Å². The van der Waals surface area contributed by atoms with Gasteiger partial charge in [-0.05, 0) is 75.2 Å². The first-order valence-corrected chi connectivity index (χ1v) is 14.8. The van der Waals surface area contributed by atoms with Gasteiger partial charge in [0.1, 0.15) is 29.5 Å². The molecule has 17 heteroatoms. The third-order valence-electron chi connectivity index (χ3n) is 8.66. The zero-order valence-corrected chi connectivity index (χ0v) is 29.1. The molecule has 3 fully saturated rings. The van der Waals surface area contributed by atoms with E-state index in [2.05, 4.69) is 14.8 Å². The molecular formula is C30H36Cl3F3N6O4S. The Hall–Kier alpha value is -2.93. The molecule has 0 radical (unpaired) electrons. The second-order valence-corrected chi connectivity index (χ2v) is 12.0. The number of nitrogens with zero attached hydrogens (tertiary/aromatic N) is 6. The number of aliphatic carboxylic acids is 1. The van der Waals surface area contributed by atoms with Crippen LogP contribution < -0.4 is 14.5 Å². The van der Waals surface area contributed by atoms with Crippen molar-refractivity contribution in [2.24, 2.45) is 0 Å². The number of aryl methyl sites for hydroxylation is 1. The van der Waals surface area contributed by atoms with Gasteiger partial charge >= 0.3 is 12.1 Å². The van der Waals surface area contributed by atoms with Gasteiger partial charge < -0.3 is 14.7 Å². The number of benzene rings is 1. The predicted molar refractivity (Wildman–Crippen MR) is 181 cm³/mol.